The van der Waals surface area contributed by atoms with Gasteiger partial charge in [-0.2, -0.15) is 0 Å². The summed E-state index contributed by atoms with van der Waals surface area (Å²) in [5, 5.41) is 6.54. The summed E-state index contributed by atoms with van der Waals surface area (Å²) in [6, 6.07) is 5.93. The Hall–Kier alpha value is -1.55. The quantitative estimate of drug-likeness (QED) is 0.798. The second-order valence-electron chi connectivity index (χ2n) is 3.62. The van der Waals surface area contributed by atoms with Crippen LogP contribution in [0, 0.1) is 6.92 Å². The number of hydrogen-bond donors (Lipinski definition) is 2. The summed E-state index contributed by atoms with van der Waals surface area (Å²) < 4.78 is 0. The minimum absolute atomic E-state index is 0.833. The molecule has 0 aliphatic heterocycles. The Bertz CT molecular complexity index is 451. The van der Waals surface area contributed by atoms with Crippen molar-refractivity contribution in [1.82, 2.24) is 4.98 Å². The van der Waals surface area contributed by atoms with E-state index in [4.69, 9.17) is 5.73 Å². The number of hydrogen-bond acceptors (Lipinski definition) is 4. The third-order valence-electron chi connectivity index (χ3n) is 2.51. The molecule has 0 bridgehead atoms. The highest BCUT2D eigenvalue weighted by Crippen LogP contribution is 2.20. The van der Waals surface area contributed by atoms with E-state index in [1.54, 1.807) is 11.3 Å². The molecule has 0 aliphatic rings. The molecule has 0 amide bonds. The average molecular weight is 233 g/mol. The number of benzene rings is 1. The Kier molecular flexibility index (Phi) is 3.41. The van der Waals surface area contributed by atoms with Crippen LogP contribution in [0.3, 0.4) is 0 Å². The monoisotopic (exact) mass is 233 g/mol. The molecule has 3 N–H and O–H groups in total. The molecular weight excluding hydrogens is 218 g/mol. The molecule has 84 valence electrons. The van der Waals surface area contributed by atoms with E-state index >= 15 is 0 Å². The topological polar surface area (TPSA) is 50.9 Å². The van der Waals surface area contributed by atoms with Gasteiger partial charge in [-0.3, -0.25) is 0 Å². The van der Waals surface area contributed by atoms with Gasteiger partial charge < -0.3 is 11.1 Å². The van der Waals surface area contributed by atoms with Gasteiger partial charge in [0.2, 0.25) is 0 Å². The van der Waals surface area contributed by atoms with Crippen molar-refractivity contribution in [3.05, 3.63) is 40.3 Å². The van der Waals surface area contributed by atoms with Gasteiger partial charge in [-0.1, -0.05) is 6.07 Å². The molecule has 4 heteroatoms. The van der Waals surface area contributed by atoms with Gasteiger partial charge in [-0.15, -0.1) is 11.3 Å². The minimum atomic E-state index is 0.833. The lowest BCUT2D eigenvalue weighted by atomic mass is 10.1. The van der Waals surface area contributed by atoms with Crippen LogP contribution in [0.1, 0.15) is 10.6 Å². The van der Waals surface area contributed by atoms with Crippen molar-refractivity contribution in [2.75, 3.05) is 17.6 Å². The highest BCUT2D eigenvalue weighted by molar-refractivity contribution is 7.09. The minimum Gasteiger partial charge on any atom is -0.398 e. The van der Waals surface area contributed by atoms with Crippen molar-refractivity contribution in [2.45, 2.75) is 13.3 Å². The van der Waals surface area contributed by atoms with Gasteiger partial charge in [0.25, 0.3) is 0 Å². The Labute approximate surface area is 99.3 Å². The van der Waals surface area contributed by atoms with Crippen molar-refractivity contribution in [3.8, 4) is 0 Å². The number of nitrogens with two attached hydrogens (primary N) is 1. The second kappa shape index (κ2) is 4.99. The maximum atomic E-state index is 5.84. The summed E-state index contributed by atoms with van der Waals surface area (Å²) in [5.74, 6) is 0. The molecule has 0 saturated carbocycles. The summed E-state index contributed by atoms with van der Waals surface area (Å²) in [5.41, 5.74) is 8.89. The first-order valence-corrected chi connectivity index (χ1v) is 6.12. The van der Waals surface area contributed by atoms with Crippen LogP contribution in [0.15, 0.2) is 29.8 Å². The zero-order valence-electron chi connectivity index (χ0n) is 9.23. The van der Waals surface area contributed by atoms with Crippen LogP contribution >= 0.6 is 11.3 Å². The van der Waals surface area contributed by atoms with Crippen LogP contribution in [0.4, 0.5) is 11.4 Å². The van der Waals surface area contributed by atoms with Crippen LogP contribution in [-0.4, -0.2) is 11.5 Å². The fourth-order valence-electron chi connectivity index (χ4n) is 1.53. The molecule has 0 aliphatic carbocycles. The molecule has 1 heterocycles. The first kappa shape index (κ1) is 11.0. The van der Waals surface area contributed by atoms with Gasteiger partial charge >= 0.3 is 0 Å². The molecule has 1 aromatic carbocycles. The zero-order valence-corrected chi connectivity index (χ0v) is 10.1. The van der Waals surface area contributed by atoms with Crippen LogP contribution < -0.4 is 11.1 Å². The number of rotatable bonds is 4. The van der Waals surface area contributed by atoms with Crippen LogP contribution in [-0.2, 0) is 6.42 Å². The SMILES string of the molecule is Cc1c(N)cccc1NCCc1nccs1. The fraction of sp³-hybridized carbons (Fsp3) is 0.250. The molecule has 0 unspecified atom stereocenters. The van der Waals surface area contributed by atoms with Gasteiger partial charge in [-0.25, -0.2) is 4.98 Å². The Morgan fingerprint density at radius 1 is 1.44 bits per heavy atom. The van der Waals surface area contributed by atoms with Crippen LogP contribution in [0.2, 0.25) is 0 Å². The van der Waals surface area contributed by atoms with Crippen molar-refractivity contribution < 1.29 is 0 Å². The standard InChI is InChI=1S/C12H15N3S/c1-9-10(13)3-2-4-11(9)14-6-5-12-15-7-8-16-12/h2-4,7-8,14H,5-6,13H2,1H3. The predicted molar refractivity (Wildman–Crippen MR) is 69.9 cm³/mol. The fourth-order valence-corrected chi connectivity index (χ4v) is 2.15. The van der Waals surface area contributed by atoms with E-state index < -0.39 is 0 Å². The Morgan fingerprint density at radius 2 is 2.31 bits per heavy atom. The second-order valence-corrected chi connectivity index (χ2v) is 4.60. The van der Waals surface area contributed by atoms with E-state index in [2.05, 4.69) is 10.3 Å². The first-order valence-electron chi connectivity index (χ1n) is 5.24. The Morgan fingerprint density at radius 3 is 3.06 bits per heavy atom. The number of anilines is 2. The van der Waals surface area contributed by atoms with E-state index in [0.717, 1.165) is 34.9 Å². The van der Waals surface area contributed by atoms with Gasteiger partial charge in [-0.05, 0) is 24.6 Å². The summed E-state index contributed by atoms with van der Waals surface area (Å²) in [6.45, 7) is 2.92. The van der Waals surface area contributed by atoms with Gasteiger partial charge in [0, 0.05) is 35.9 Å². The number of thiazole rings is 1. The number of nitrogen functional groups attached to an aromatic ring is 1. The van der Waals surface area contributed by atoms with E-state index in [9.17, 15) is 0 Å². The summed E-state index contributed by atoms with van der Waals surface area (Å²) >= 11 is 1.69. The third kappa shape index (κ3) is 2.52. The highest BCUT2D eigenvalue weighted by atomic mass is 32.1. The van der Waals surface area contributed by atoms with Gasteiger partial charge in [0.15, 0.2) is 0 Å². The molecule has 0 saturated heterocycles. The van der Waals surface area contributed by atoms with Gasteiger partial charge in [0.05, 0.1) is 5.01 Å². The first-order chi connectivity index (χ1) is 7.77. The molecule has 0 radical (unpaired) electrons. The van der Waals surface area contributed by atoms with E-state index in [-0.39, 0.29) is 0 Å². The van der Waals surface area contributed by atoms with Crippen molar-refractivity contribution in [2.24, 2.45) is 0 Å². The van der Waals surface area contributed by atoms with Crippen molar-refractivity contribution in [3.63, 3.8) is 0 Å². The molecule has 16 heavy (non-hydrogen) atoms. The lowest BCUT2D eigenvalue weighted by Crippen LogP contribution is -2.06. The molecule has 0 atom stereocenters. The van der Waals surface area contributed by atoms with Crippen LogP contribution in [0.5, 0.6) is 0 Å². The smallest absolute Gasteiger partial charge is 0.0942 e. The molecule has 0 spiro atoms. The normalized spacial score (nSPS) is 10.3. The van der Waals surface area contributed by atoms with Gasteiger partial charge in [0.1, 0.15) is 0 Å². The van der Waals surface area contributed by atoms with E-state index in [0.29, 0.717) is 0 Å². The molecule has 2 rings (SSSR count). The highest BCUT2D eigenvalue weighted by Gasteiger charge is 2.00. The summed E-state index contributed by atoms with van der Waals surface area (Å²) in [4.78, 5) is 4.24. The lowest BCUT2D eigenvalue weighted by Gasteiger charge is -2.10. The predicted octanol–water partition coefficient (Wildman–Crippen LogP) is 2.69. The van der Waals surface area contributed by atoms with Crippen LogP contribution in [0.25, 0.3) is 0 Å². The maximum Gasteiger partial charge on any atom is 0.0942 e. The Balaban J connectivity index is 1.92. The maximum absolute atomic E-state index is 5.84. The number of aromatic nitrogens is 1. The molecular formula is C12H15N3S. The zero-order chi connectivity index (χ0) is 11.4. The average Bonchev–Trinajstić information content (AvgIpc) is 2.77. The lowest BCUT2D eigenvalue weighted by molar-refractivity contribution is 0.996. The summed E-state index contributed by atoms with van der Waals surface area (Å²) in [6.07, 6.45) is 2.79. The largest absolute Gasteiger partial charge is 0.398 e. The van der Waals surface area contributed by atoms with E-state index in [1.807, 2.05) is 36.7 Å². The summed E-state index contributed by atoms with van der Waals surface area (Å²) in [7, 11) is 0. The molecule has 0 fully saturated rings. The number of nitrogens with zero attached hydrogens (tertiary/aromatic N) is 1. The van der Waals surface area contributed by atoms with Crippen molar-refractivity contribution >= 4 is 22.7 Å². The van der Waals surface area contributed by atoms with Crippen molar-refractivity contribution in [1.29, 1.82) is 0 Å². The van der Waals surface area contributed by atoms with E-state index in [1.165, 1.54) is 0 Å². The molecule has 2 aromatic rings. The molecule has 1 aromatic heterocycles. The molecule has 3 nitrogen and oxygen atoms in total. The number of nitrogens with one attached hydrogen (secondary N) is 1. The third-order valence-corrected chi connectivity index (χ3v) is 3.35.